The van der Waals surface area contributed by atoms with Gasteiger partial charge in [0.05, 0.1) is 13.0 Å². The zero-order valence-corrected chi connectivity index (χ0v) is 10.6. The van der Waals surface area contributed by atoms with E-state index >= 15 is 0 Å². The average molecular weight is 252 g/mol. The van der Waals surface area contributed by atoms with Gasteiger partial charge < -0.3 is 10.2 Å². The highest BCUT2D eigenvalue weighted by atomic mass is 16.2. The maximum Gasteiger partial charge on any atom is 0.230 e. The lowest BCUT2D eigenvalue weighted by molar-refractivity contribution is -0.128. The second kappa shape index (κ2) is 5.98. The van der Waals surface area contributed by atoms with Gasteiger partial charge in [-0.05, 0) is 12.8 Å². The van der Waals surface area contributed by atoms with Crippen molar-refractivity contribution in [1.29, 1.82) is 0 Å². The molecule has 0 spiro atoms. The Bertz CT molecular complexity index is 348. The number of hydrogen-bond donors (Lipinski definition) is 1. The van der Waals surface area contributed by atoms with Crippen LogP contribution in [0.2, 0.25) is 0 Å². The van der Waals surface area contributed by atoms with E-state index in [0.29, 0.717) is 19.0 Å². The fourth-order valence-electron chi connectivity index (χ4n) is 2.62. The fourth-order valence-corrected chi connectivity index (χ4v) is 2.62. The van der Waals surface area contributed by atoms with Crippen molar-refractivity contribution < 1.29 is 14.4 Å². The summed E-state index contributed by atoms with van der Waals surface area (Å²) in [4.78, 5) is 35.6. The Morgan fingerprint density at radius 3 is 2.56 bits per heavy atom. The summed E-state index contributed by atoms with van der Waals surface area (Å²) >= 11 is 0. The highest BCUT2D eigenvalue weighted by molar-refractivity contribution is 6.05. The van der Waals surface area contributed by atoms with Crippen LogP contribution in [0.5, 0.6) is 0 Å². The summed E-state index contributed by atoms with van der Waals surface area (Å²) in [5, 5.41) is 3.01. The summed E-state index contributed by atoms with van der Waals surface area (Å²) in [5.41, 5.74) is 0. The Morgan fingerprint density at radius 1 is 1.22 bits per heavy atom. The van der Waals surface area contributed by atoms with E-state index in [1.165, 1.54) is 24.2 Å². The van der Waals surface area contributed by atoms with Gasteiger partial charge in [-0.1, -0.05) is 19.3 Å². The van der Waals surface area contributed by atoms with Gasteiger partial charge in [-0.25, -0.2) is 0 Å². The Morgan fingerprint density at radius 2 is 1.94 bits per heavy atom. The first-order valence-corrected chi connectivity index (χ1v) is 6.74. The van der Waals surface area contributed by atoms with Crippen molar-refractivity contribution in [2.24, 2.45) is 0 Å². The van der Waals surface area contributed by atoms with Gasteiger partial charge in [0.15, 0.2) is 5.78 Å². The van der Waals surface area contributed by atoms with Crippen molar-refractivity contribution in [3.8, 4) is 0 Å². The van der Waals surface area contributed by atoms with Crippen LogP contribution in [0.1, 0.15) is 44.9 Å². The summed E-state index contributed by atoms with van der Waals surface area (Å²) < 4.78 is 0. The van der Waals surface area contributed by atoms with Crippen LogP contribution in [0.3, 0.4) is 0 Å². The standard InChI is InChI=1S/C13H20N2O3/c16-11-8-13(18)15(9-11)7-6-12(17)14-10-4-2-1-3-5-10/h10H,1-9H2,(H,14,17). The predicted octanol–water partition coefficient (Wildman–Crippen LogP) is 0.627. The molecule has 5 nitrogen and oxygen atoms in total. The number of ketones is 1. The number of rotatable bonds is 4. The van der Waals surface area contributed by atoms with Crippen molar-refractivity contribution in [3.63, 3.8) is 0 Å². The molecule has 2 fully saturated rings. The molecular formula is C13H20N2O3. The largest absolute Gasteiger partial charge is 0.353 e. The molecule has 18 heavy (non-hydrogen) atoms. The molecule has 0 radical (unpaired) electrons. The van der Waals surface area contributed by atoms with Crippen molar-refractivity contribution in [2.45, 2.75) is 51.0 Å². The molecule has 1 heterocycles. The normalized spacial score (nSPS) is 21.4. The molecule has 100 valence electrons. The monoisotopic (exact) mass is 252 g/mol. The molecule has 2 amide bonds. The third kappa shape index (κ3) is 3.55. The first-order chi connectivity index (χ1) is 8.65. The first-order valence-electron chi connectivity index (χ1n) is 6.74. The van der Waals surface area contributed by atoms with Crippen molar-refractivity contribution in [3.05, 3.63) is 0 Å². The summed E-state index contributed by atoms with van der Waals surface area (Å²) in [6.07, 6.45) is 6.06. The Hall–Kier alpha value is -1.39. The number of nitrogens with zero attached hydrogens (tertiary/aromatic N) is 1. The van der Waals surface area contributed by atoms with Gasteiger partial charge in [0.2, 0.25) is 11.8 Å². The molecular weight excluding hydrogens is 232 g/mol. The van der Waals surface area contributed by atoms with E-state index in [-0.39, 0.29) is 30.6 Å². The number of Topliss-reactive ketones (excluding diaryl/α,β-unsaturated/α-hetero) is 1. The third-order valence-electron chi connectivity index (χ3n) is 3.65. The number of carbonyl (C=O) groups excluding carboxylic acids is 3. The van der Waals surface area contributed by atoms with Gasteiger partial charge >= 0.3 is 0 Å². The van der Waals surface area contributed by atoms with Gasteiger partial charge in [0, 0.05) is 19.0 Å². The second-order valence-corrected chi connectivity index (χ2v) is 5.18. The molecule has 1 aliphatic carbocycles. The minimum absolute atomic E-state index is 0.00421. The van der Waals surface area contributed by atoms with Crippen molar-refractivity contribution in [1.82, 2.24) is 10.2 Å². The SMILES string of the molecule is O=C1CC(=O)N(CCC(=O)NC2CCCCC2)C1. The maximum absolute atomic E-state index is 11.7. The molecule has 0 bridgehead atoms. The highest BCUT2D eigenvalue weighted by Gasteiger charge is 2.27. The summed E-state index contributed by atoms with van der Waals surface area (Å²) in [6, 6.07) is 0.308. The molecule has 0 aromatic carbocycles. The van der Waals surface area contributed by atoms with Crippen LogP contribution in [0, 0.1) is 0 Å². The van der Waals surface area contributed by atoms with Gasteiger partial charge in [0.25, 0.3) is 0 Å². The smallest absolute Gasteiger partial charge is 0.230 e. The Balaban J connectivity index is 1.68. The van der Waals surface area contributed by atoms with E-state index in [1.54, 1.807) is 0 Å². The molecule has 0 atom stereocenters. The van der Waals surface area contributed by atoms with Crippen LogP contribution in [0.25, 0.3) is 0 Å². The number of likely N-dealkylation sites (tertiary alicyclic amines) is 1. The molecule has 5 heteroatoms. The zero-order chi connectivity index (χ0) is 13.0. The predicted molar refractivity (Wildman–Crippen MR) is 65.8 cm³/mol. The summed E-state index contributed by atoms with van der Waals surface area (Å²) in [7, 11) is 0. The van der Waals surface area contributed by atoms with E-state index < -0.39 is 0 Å². The van der Waals surface area contributed by atoms with E-state index in [0.717, 1.165) is 12.8 Å². The molecule has 1 saturated heterocycles. The van der Waals surface area contributed by atoms with Crippen LogP contribution in [0.15, 0.2) is 0 Å². The lowest BCUT2D eigenvalue weighted by Crippen LogP contribution is -2.38. The molecule has 1 aliphatic heterocycles. The van der Waals surface area contributed by atoms with E-state index in [4.69, 9.17) is 0 Å². The molecule has 0 unspecified atom stereocenters. The Kier molecular flexibility index (Phi) is 4.33. The average Bonchev–Trinajstić information content (AvgIpc) is 2.66. The minimum Gasteiger partial charge on any atom is -0.353 e. The molecule has 2 rings (SSSR count). The van der Waals surface area contributed by atoms with Crippen LogP contribution >= 0.6 is 0 Å². The van der Waals surface area contributed by atoms with Crippen LogP contribution in [-0.2, 0) is 14.4 Å². The summed E-state index contributed by atoms with van der Waals surface area (Å²) in [6.45, 7) is 0.540. The zero-order valence-electron chi connectivity index (χ0n) is 10.6. The van der Waals surface area contributed by atoms with Crippen molar-refractivity contribution >= 4 is 17.6 Å². The fraction of sp³-hybridized carbons (Fsp3) is 0.769. The van der Waals surface area contributed by atoms with Gasteiger partial charge in [-0.2, -0.15) is 0 Å². The number of amides is 2. The third-order valence-corrected chi connectivity index (χ3v) is 3.65. The van der Waals surface area contributed by atoms with E-state index in [9.17, 15) is 14.4 Å². The molecule has 1 saturated carbocycles. The summed E-state index contributed by atoms with van der Waals surface area (Å²) in [5.74, 6) is -0.202. The van der Waals surface area contributed by atoms with Gasteiger partial charge in [-0.3, -0.25) is 14.4 Å². The highest BCUT2D eigenvalue weighted by Crippen LogP contribution is 2.17. The van der Waals surface area contributed by atoms with Crippen LogP contribution < -0.4 is 5.32 Å². The van der Waals surface area contributed by atoms with Gasteiger partial charge in [-0.15, -0.1) is 0 Å². The van der Waals surface area contributed by atoms with E-state index in [1.807, 2.05) is 0 Å². The lowest BCUT2D eigenvalue weighted by Gasteiger charge is -2.23. The van der Waals surface area contributed by atoms with Crippen LogP contribution in [0.4, 0.5) is 0 Å². The lowest BCUT2D eigenvalue weighted by atomic mass is 9.95. The first kappa shape index (κ1) is 13.1. The molecule has 1 N–H and O–H groups in total. The second-order valence-electron chi connectivity index (χ2n) is 5.18. The molecule has 2 aliphatic rings. The van der Waals surface area contributed by atoms with Gasteiger partial charge in [0.1, 0.15) is 0 Å². The van der Waals surface area contributed by atoms with Crippen molar-refractivity contribution in [2.75, 3.05) is 13.1 Å². The maximum atomic E-state index is 11.7. The number of nitrogens with one attached hydrogen (secondary N) is 1. The van der Waals surface area contributed by atoms with E-state index in [2.05, 4.69) is 5.32 Å². The molecule has 0 aromatic rings. The number of hydrogen-bond acceptors (Lipinski definition) is 3. The quantitative estimate of drug-likeness (QED) is 0.746. The topological polar surface area (TPSA) is 66.5 Å². The Labute approximate surface area is 107 Å². The molecule has 0 aromatic heterocycles. The minimum atomic E-state index is -0.148. The van der Waals surface area contributed by atoms with Crippen LogP contribution in [-0.4, -0.2) is 41.6 Å². The number of carbonyl (C=O) groups is 3.